The van der Waals surface area contributed by atoms with Crippen LogP contribution >= 0.6 is 0 Å². The molecule has 1 heterocycles. The summed E-state index contributed by atoms with van der Waals surface area (Å²) in [6.07, 6.45) is 11.0. The Bertz CT molecular complexity index is 485. The topological polar surface area (TPSA) is 62.2 Å². The molecule has 1 aromatic rings. The minimum absolute atomic E-state index is 0.0986. The van der Waals surface area contributed by atoms with Crippen LogP contribution in [0.5, 0.6) is 0 Å². The largest absolute Gasteiger partial charge is 0.396 e. The molecule has 1 fully saturated rings. The van der Waals surface area contributed by atoms with Crippen LogP contribution in [0, 0.1) is 12.8 Å². The third kappa shape index (κ3) is 4.17. The van der Waals surface area contributed by atoms with Gasteiger partial charge in [0.05, 0.1) is 0 Å². The van der Waals surface area contributed by atoms with Crippen molar-refractivity contribution in [2.75, 3.05) is 6.61 Å². The summed E-state index contributed by atoms with van der Waals surface area (Å²) < 4.78 is 0. The molecule has 1 aromatic heterocycles. The second kappa shape index (κ2) is 7.20. The van der Waals surface area contributed by atoms with Gasteiger partial charge in [-0.3, -0.25) is 9.78 Å². The Labute approximate surface area is 119 Å². The number of nitrogens with zero attached hydrogens (tertiary/aromatic N) is 1. The van der Waals surface area contributed by atoms with E-state index in [-0.39, 0.29) is 24.5 Å². The Hall–Kier alpha value is -1.68. The van der Waals surface area contributed by atoms with Gasteiger partial charge < -0.3 is 10.4 Å². The van der Waals surface area contributed by atoms with E-state index in [0.717, 1.165) is 36.8 Å². The number of amides is 1. The van der Waals surface area contributed by atoms with Crippen LogP contribution in [0.25, 0.3) is 6.08 Å². The average molecular weight is 274 g/mol. The van der Waals surface area contributed by atoms with Crippen molar-refractivity contribution in [3.8, 4) is 0 Å². The van der Waals surface area contributed by atoms with Crippen LogP contribution in [-0.2, 0) is 4.79 Å². The van der Waals surface area contributed by atoms with Crippen LogP contribution in [0.15, 0.2) is 24.5 Å². The normalized spacial score (nSPS) is 22.9. The molecular formula is C16H22N2O2. The molecule has 4 nitrogen and oxygen atoms in total. The van der Waals surface area contributed by atoms with Crippen LogP contribution < -0.4 is 5.32 Å². The fraction of sp³-hybridized carbons (Fsp3) is 0.500. The van der Waals surface area contributed by atoms with Crippen molar-refractivity contribution in [2.45, 2.75) is 38.6 Å². The zero-order valence-corrected chi connectivity index (χ0v) is 11.9. The predicted octanol–water partition coefficient (Wildman–Crippen LogP) is 2.07. The molecule has 0 bridgehead atoms. The van der Waals surface area contributed by atoms with Crippen LogP contribution in [0.3, 0.4) is 0 Å². The second-order valence-corrected chi connectivity index (χ2v) is 5.47. The summed E-state index contributed by atoms with van der Waals surface area (Å²) in [6.45, 7) is 2.12. The van der Waals surface area contributed by atoms with Crippen molar-refractivity contribution < 1.29 is 9.90 Å². The van der Waals surface area contributed by atoms with Gasteiger partial charge in [-0.1, -0.05) is 12.8 Å². The molecule has 0 radical (unpaired) electrons. The molecule has 4 heteroatoms. The maximum absolute atomic E-state index is 11.9. The van der Waals surface area contributed by atoms with Crippen molar-refractivity contribution >= 4 is 12.0 Å². The predicted molar refractivity (Wildman–Crippen MR) is 79.0 cm³/mol. The summed E-state index contributed by atoms with van der Waals surface area (Å²) in [7, 11) is 0. The van der Waals surface area contributed by atoms with E-state index < -0.39 is 0 Å². The van der Waals surface area contributed by atoms with E-state index in [1.807, 2.05) is 13.0 Å². The number of carbonyl (C=O) groups is 1. The lowest BCUT2D eigenvalue weighted by Gasteiger charge is -2.30. The highest BCUT2D eigenvalue weighted by atomic mass is 16.3. The molecule has 108 valence electrons. The molecule has 1 saturated carbocycles. The van der Waals surface area contributed by atoms with E-state index in [4.69, 9.17) is 0 Å². The fourth-order valence-electron chi connectivity index (χ4n) is 2.69. The van der Waals surface area contributed by atoms with Crippen molar-refractivity contribution in [3.63, 3.8) is 0 Å². The summed E-state index contributed by atoms with van der Waals surface area (Å²) in [4.78, 5) is 16.0. The molecule has 1 amide bonds. The first-order chi connectivity index (χ1) is 9.69. The molecule has 2 atom stereocenters. The molecule has 0 aromatic carbocycles. The third-order valence-electron chi connectivity index (χ3n) is 3.79. The molecular weight excluding hydrogens is 252 g/mol. The average Bonchev–Trinajstić information content (AvgIpc) is 2.46. The van der Waals surface area contributed by atoms with Gasteiger partial charge in [0.1, 0.15) is 0 Å². The lowest BCUT2D eigenvalue weighted by atomic mass is 9.85. The van der Waals surface area contributed by atoms with Gasteiger partial charge in [0.15, 0.2) is 0 Å². The van der Waals surface area contributed by atoms with Gasteiger partial charge in [0, 0.05) is 37.0 Å². The van der Waals surface area contributed by atoms with Crippen LogP contribution in [0.2, 0.25) is 0 Å². The van der Waals surface area contributed by atoms with E-state index in [0.29, 0.717) is 0 Å². The van der Waals surface area contributed by atoms with Crippen molar-refractivity contribution in [1.29, 1.82) is 0 Å². The lowest BCUT2D eigenvalue weighted by molar-refractivity contribution is -0.117. The lowest BCUT2D eigenvalue weighted by Crippen LogP contribution is -2.42. The minimum Gasteiger partial charge on any atom is -0.396 e. The summed E-state index contributed by atoms with van der Waals surface area (Å²) in [5, 5.41) is 12.3. The van der Waals surface area contributed by atoms with Crippen molar-refractivity contribution in [1.82, 2.24) is 10.3 Å². The number of aryl methyl sites for hydroxylation is 1. The van der Waals surface area contributed by atoms with Gasteiger partial charge >= 0.3 is 0 Å². The number of pyridine rings is 1. The molecule has 1 aliphatic rings. The SMILES string of the molecule is Cc1cncc(/C=C/C(=O)NC2CCCCC2CO)c1. The first-order valence-electron chi connectivity index (χ1n) is 7.20. The van der Waals surface area contributed by atoms with Gasteiger partial charge in [0.2, 0.25) is 5.91 Å². The number of carbonyl (C=O) groups excluding carboxylic acids is 1. The van der Waals surface area contributed by atoms with E-state index in [9.17, 15) is 9.90 Å². The van der Waals surface area contributed by atoms with Crippen LogP contribution in [0.1, 0.15) is 36.8 Å². The van der Waals surface area contributed by atoms with Crippen LogP contribution in [-0.4, -0.2) is 28.6 Å². The van der Waals surface area contributed by atoms with Crippen LogP contribution in [0.4, 0.5) is 0 Å². The Balaban J connectivity index is 1.91. The fourth-order valence-corrected chi connectivity index (χ4v) is 2.69. The van der Waals surface area contributed by atoms with Crippen molar-refractivity contribution in [2.24, 2.45) is 5.92 Å². The summed E-state index contributed by atoms with van der Waals surface area (Å²) in [5.74, 6) is 0.0959. The number of hydrogen-bond acceptors (Lipinski definition) is 3. The van der Waals surface area contributed by atoms with Crippen molar-refractivity contribution in [3.05, 3.63) is 35.7 Å². The standard InChI is InChI=1S/C16H22N2O2/c1-12-8-13(10-17-9-12)6-7-16(20)18-15-5-3-2-4-14(15)11-19/h6-10,14-15,19H,2-5,11H2,1H3,(H,18,20)/b7-6+. The van der Waals surface area contributed by atoms with Gasteiger partial charge in [-0.2, -0.15) is 0 Å². The number of rotatable bonds is 4. The Morgan fingerprint density at radius 2 is 2.25 bits per heavy atom. The number of aliphatic hydroxyl groups is 1. The monoisotopic (exact) mass is 274 g/mol. The maximum atomic E-state index is 11.9. The third-order valence-corrected chi connectivity index (χ3v) is 3.79. The zero-order chi connectivity index (χ0) is 14.4. The minimum atomic E-state index is -0.100. The smallest absolute Gasteiger partial charge is 0.244 e. The van der Waals surface area contributed by atoms with E-state index in [1.165, 1.54) is 0 Å². The highest BCUT2D eigenvalue weighted by Crippen LogP contribution is 2.23. The van der Waals surface area contributed by atoms with Gasteiger partial charge in [-0.15, -0.1) is 0 Å². The summed E-state index contributed by atoms with van der Waals surface area (Å²) in [6, 6.07) is 2.08. The first kappa shape index (κ1) is 14.7. The number of nitrogens with one attached hydrogen (secondary N) is 1. The molecule has 0 aliphatic heterocycles. The molecule has 20 heavy (non-hydrogen) atoms. The maximum Gasteiger partial charge on any atom is 0.244 e. The molecule has 0 saturated heterocycles. The summed E-state index contributed by atoms with van der Waals surface area (Å²) >= 11 is 0. The Kier molecular flexibility index (Phi) is 5.30. The quantitative estimate of drug-likeness (QED) is 0.826. The molecule has 2 rings (SSSR count). The second-order valence-electron chi connectivity index (χ2n) is 5.47. The molecule has 0 spiro atoms. The highest BCUT2D eigenvalue weighted by Gasteiger charge is 2.25. The first-order valence-corrected chi connectivity index (χ1v) is 7.20. The molecule has 1 aliphatic carbocycles. The van der Waals surface area contributed by atoms with Gasteiger partial charge in [0.25, 0.3) is 0 Å². The van der Waals surface area contributed by atoms with Gasteiger partial charge in [-0.05, 0) is 43.0 Å². The molecule has 2 unspecified atom stereocenters. The van der Waals surface area contributed by atoms with Gasteiger partial charge in [-0.25, -0.2) is 0 Å². The highest BCUT2D eigenvalue weighted by molar-refractivity contribution is 5.91. The Morgan fingerprint density at radius 1 is 1.45 bits per heavy atom. The van der Waals surface area contributed by atoms with E-state index in [1.54, 1.807) is 24.5 Å². The Morgan fingerprint density at radius 3 is 3.00 bits per heavy atom. The number of hydrogen-bond donors (Lipinski definition) is 2. The number of aromatic nitrogens is 1. The zero-order valence-electron chi connectivity index (χ0n) is 11.9. The number of aliphatic hydroxyl groups excluding tert-OH is 1. The van der Waals surface area contributed by atoms with E-state index in [2.05, 4.69) is 10.3 Å². The molecule has 2 N–H and O–H groups in total. The summed E-state index contributed by atoms with van der Waals surface area (Å²) in [5.41, 5.74) is 1.99. The van der Waals surface area contributed by atoms with E-state index >= 15 is 0 Å².